The number of nitrogens with two attached hydrogens (primary N) is 1. The van der Waals surface area contributed by atoms with Crippen molar-refractivity contribution in [2.45, 2.75) is 70.3 Å². The lowest BCUT2D eigenvalue weighted by Gasteiger charge is -2.15. The fraction of sp³-hybridized carbons (Fsp3) is 0.923. The number of rotatable bonds is 7. The largest absolute Gasteiger partial charge is 0.330 e. The van der Waals surface area contributed by atoms with E-state index in [4.69, 9.17) is 10.6 Å². The Labute approximate surface area is 104 Å². The number of amides is 1. The summed E-state index contributed by atoms with van der Waals surface area (Å²) in [5.74, 6) is 0.00580. The van der Waals surface area contributed by atoms with Crippen LogP contribution in [0.15, 0.2) is 0 Å². The third kappa shape index (κ3) is 7.34. The van der Waals surface area contributed by atoms with Crippen LogP contribution in [0.25, 0.3) is 0 Å². The van der Waals surface area contributed by atoms with Crippen molar-refractivity contribution in [2.24, 2.45) is 5.73 Å². The van der Waals surface area contributed by atoms with E-state index in [0.29, 0.717) is 13.0 Å². The van der Waals surface area contributed by atoms with Gasteiger partial charge in [0.1, 0.15) is 0 Å². The molecule has 0 saturated heterocycles. The number of hydrogen-bond donors (Lipinski definition) is 2. The van der Waals surface area contributed by atoms with Gasteiger partial charge in [-0.25, -0.2) is 5.48 Å². The first kappa shape index (κ1) is 14.5. The number of unbranched alkanes of at least 4 members (excludes halogenated alkanes) is 2. The normalized spacial score (nSPS) is 17.7. The Kier molecular flexibility index (Phi) is 8.01. The highest BCUT2D eigenvalue weighted by molar-refractivity contribution is 5.74. The van der Waals surface area contributed by atoms with E-state index in [9.17, 15) is 4.79 Å². The Hall–Kier alpha value is -0.610. The standard InChI is InChI=1S/C13H26N2O2/c14-11-7-3-6-10-13(16)15-17-12-8-4-1-2-5-9-12/h12H,1-11,14H2,(H,15,16). The molecule has 0 aromatic heterocycles. The van der Waals surface area contributed by atoms with Crippen molar-refractivity contribution in [3.05, 3.63) is 0 Å². The van der Waals surface area contributed by atoms with Crippen molar-refractivity contribution >= 4 is 5.91 Å². The van der Waals surface area contributed by atoms with Gasteiger partial charge in [0.25, 0.3) is 0 Å². The van der Waals surface area contributed by atoms with Crippen molar-refractivity contribution in [2.75, 3.05) is 6.54 Å². The Bertz CT molecular complexity index is 202. The van der Waals surface area contributed by atoms with E-state index in [0.717, 1.165) is 32.1 Å². The summed E-state index contributed by atoms with van der Waals surface area (Å²) in [7, 11) is 0. The van der Waals surface area contributed by atoms with Crippen molar-refractivity contribution in [3.63, 3.8) is 0 Å². The molecule has 1 rings (SSSR count). The highest BCUT2D eigenvalue weighted by Crippen LogP contribution is 2.18. The van der Waals surface area contributed by atoms with Crippen LogP contribution in [0, 0.1) is 0 Å². The van der Waals surface area contributed by atoms with Crippen LogP contribution >= 0.6 is 0 Å². The molecule has 0 aliphatic heterocycles. The van der Waals surface area contributed by atoms with Gasteiger partial charge in [-0.3, -0.25) is 9.63 Å². The van der Waals surface area contributed by atoms with Gasteiger partial charge < -0.3 is 5.73 Å². The Morgan fingerprint density at radius 2 is 1.82 bits per heavy atom. The molecule has 1 aliphatic carbocycles. The minimum absolute atomic E-state index is 0.00580. The van der Waals surface area contributed by atoms with Gasteiger partial charge in [0.2, 0.25) is 5.91 Å². The molecule has 0 unspecified atom stereocenters. The van der Waals surface area contributed by atoms with E-state index in [1.807, 2.05) is 0 Å². The van der Waals surface area contributed by atoms with Gasteiger partial charge in [-0.2, -0.15) is 0 Å². The molecule has 0 atom stereocenters. The van der Waals surface area contributed by atoms with Gasteiger partial charge in [0, 0.05) is 6.42 Å². The highest BCUT2D eigenvalue weighted by Gasteiger charge is 2.13. The van der Waals surface area contributed by atoms with Crippen LogP contribution in [-0.2, 0) is 9.63 Å². The van der Waals surface area contributed by atoms with Gasteiger partial charge >= 0.3 is 0 Å². The fourth-order valence-corrected chi connectivity index (χ4v) is 2.17. The summed E-state index contributed by atoms with van der Waals surface area (Å²) in [5, 5.41) is 0. The van der Waals surface area contributed by atoms with Crippen LogP contribution in [0.2, 0.25) is 0 Å². The predicted octanol–water partition coefficient (Wildman–Crippen LogP) is 2.28. The second-order valence-corrected chi connectivity index (χ2v) is 4.86. The molecular weight excluding hydrogens is 216 g/mol. The Morgan fingerprint density at radius 1 is 1.12 bits per heavy atom. The van der Waals surface area contributed by atoms with Gasteiger partial charge in [0.05, 0.1) is 6.10 Å². The molecule has 0 bridgehead atoms. The predicted molar refractivity (Wildman–Crippen MR) is 68.2 cm³/mol. The summed E-state index contributed by atoms with van der Waals surface area (Å²) in [6.45, 7) is 0.709. The van der Waals surface area contributed by atoms with Gasteiger partial charge in [0.15, 0.2) is 0 Å². The number of carbonyl (C=O) groups is 1. The number of nitrogens with one attached hydrogen (secondary N) is 1. The molecule has 1 fully saturated rings. The lowest BCUT2D eigenvalue weighted by atomic mass is 10.2. The van der Waals surface area contributed by atoms with Crippen molar-refractivity contribution in [1.29, 1.82) is 0 Å². The zero-order valence-electron chi connectivity index (χ0n) is 10.7. The number of hydroxylamine groups is 1. The molecule has 0 aromatic carbocycles. The minimum Gasteiger partial charge on any atom is -0.330 e. The summed E-state index contributed by atoms with van der Waals surface area (Å²) in [6, 6.07) is 0. The summed E-state index contributed by atoms with van der Waals surface area (Å²) < 4.78 is 0. The van der Waals surface area contributed by atoms with Crippen molar-refractivity contribution < 1.29 is 9.63 Å². The molecule has 0 radical (unpaired) electrons. The molecule has 1 aliphatic rings. The first-order chi connectivity index (χ1) is 8.33. The van der Waals surface area contributed by atoms with Gasteiger partial charge in [-0.15, -0.1) is 0 Å². The number of hydrogen-bond acceptors (Lipinski definition) is 3. The molecular formula is C13H26N2O2. The number of carbonyl (C=O) groups excluding carboxylic acids is 1. The van der Waals surface area contributed by atoms with E-state index in [-0.39, 0.29) is 12.0 Å². The Balaban J connectivity index is 2.01. The van der Waals surface area contributed by atoms with Crippen LogP contribution in [0.3, 0.4) is 0 Å². The molecule has 0 aromatic rings. The van der Waals surface area contributed by atoms with Gasteiger partial charge in [-0.05, 0) is 32.2 Å². The lowest BCUT2D eigenvalue weighted by Crippen LogP contribution is -2.29. The molecule has 4 heteroatoms. The maximum absolute atomic E-state index is 11.5. The van der Waals surface area contributed by atoms with E-state index >= 15 is 0 Å². The first-order valence-corrected chi connectivity index (χ1v) is 6.97. The maximum atomic E-state index is 11.5. The van der Waals surface area contributed by atoms with Crippen LogP contribution in [-0.4, -0.2) is 18.6 Å². The summed E-state index contributed by atoms with van der Waals surface area (Å²) in [6.07, 6.45) is 10.9. The van der Waals surface area contributed by atoms with Crippen LogP contribution in [0.1, 0.15) is 64.2 Å². The average molecular weight is 242 g/mol. The quantitative estimate of drug-likeness (QED) is 0.409. The SMILES string of the molecule is NCCCCCC(=O)NOC1CCCCCC1. The van der Waals surface area contributed by atoms with Crippen molar-refractivity contribution in [3.8, 4) is 0 Å². The third-order valence-electron chi connectivity index (χ3n) is 3.25. The lowest BCUT2D eigenvalue weighted by molar-refractivity contribution is -0.139. The molecule has 100 valence electrons. The smallest absolute Gasteiger partial charge is 0.243 e. The first-order valence-electron chi connectivity index (χ1n) is 6.97. The fourth-order valence-electron chi connectivity index (χ4n) is 2.17. The molecule has 17 heavy (non-hydrogen) atoms. The highest BCUT2D eigenvalue weighted by atomic mass is 16.7. The maximum Gasteiger partial charge on any atom is 0.243 e. The van der Waals surface area contributed by atoms with Crippen LogP contribution < -0.4 is 11.2 Å². The van der Waals surface area contributed by atoms with Gasteiger partial charge in [-0.1, -0.05) is 32.1 Å². The second kappa shape index (κ2) is 9.42. The molecule has 0 spiro atoms. The third-order valence-corrected chi connectivity index (χ3v) is 3.25. The molecule has 0 heterocycles. The summed E-state index contributed by atoms with van der Waals surface area (Å²) in [4.78, 5) is 16.9. The molecule has 1 saturated carbocycles. The Morgan fingerprint density at radius 3 is 2.47 bits per heavy atom. The molecule has 4 nitrogen and oxygen atoms in total. The molecule has 3 N–H and O–H groups in total. The van der Waals surface area contributed by atoms with Crippen LogP contribution in [0.4, 0.5) is 0 Å². The monoisotopic (exact) mass is 242 g/mol. The topological polar surface area (TPSA) is 64.4 Å². The molecule has 1 amide bonds. The summed E-state index contributed by atoms with van der Waals surface area (Å²) >= 11 is 0. The second-order valence-electron chi connectivity index (χ2n) is 4.86. The van der Waals surface area contributed by atoms with E-state index in [2.05, 4.69) is 5.48 Å². The van der Waals surface area contributed by atoms with E-state index in [1.165, 1.54) is 25.7 Å². The van der Waals surface area contributed by atoms with E-state index < -0.39 is 0 Å². The summed E-state index contributed by atoms with van der Waals surface area (Å²) in [5.41, 5.74) is 7.98. The average Bonchev–Trinajstić information content (AvgIpc) is 2.60. The van der Waals surface area contributed by atoms with E-state index in [1.54, 1.807) is 0 Å². The minimum atomic E-state index is 0.00580. The van der Waals surface area contributed by atoms with Crippen molar-refractivity contribution in [1.82, 2.24) is 5.48 Å². The zero-order valence-corrected chi connectivity index (χ0v) is 10.7. The van der Waals surface area contributed by atoms with Crippen LogP contribution in [0.5, 0.6) is 0 Å². The zero-order chi connectivity index (χ0) is 12.3.